The SMILES string of the molecule is COCCN(C1CC1)C(C)c1ccc(C(=O)O)o1. The molecule has 1 unspecified atom stereocenters. The third-order valence-corrected chi connectivity index (χ3v) is 3.32. The molecule has 1 saturated carbocycles. The Morgan fingerprint density at radius 2 is 2.33 bits per heavy atom. The molecule has 0 spiro atoms. The lowest BCUT2D eigenvalue weighted by atomic mass is 10.2. The molecule has 1 aliphatic carbocycles. The van der Waals surface area contributed by atoms with E-state index in [0.717, 1.165) is 6.54 Å². The molecule has 1 aromatic heterocycles. The number of aromatic carboxylic acids is 1. The molecule has 1 N–H and O–H groups in total. The van der Waals surface area contributed by atoms with Gasteiger partial charge < -0.3 is 14.3 Å². The second-order valence-electron chi connectivity index (χ2n) is 4.64. The lowest BCUT2D eigenvalue weighted by Gasteiger charge is -2.27. The summed E-state index contributed by atoms with van der Waals surface area (Å²) in [5.41, 5.74) is 0. The van der Waals surface area contributed by atoms with Crippen molar-refractivity contribution >= 4 is 5.97 Å². The van der Waals surface area contributed by atoms with Crippen molar-refractivity contribution in [3.63, 3.8) is 0 Å². The quantitative estimate of drug-likeness (QED) is 0.806. The smallest absolute Gasteiger partial charge is 0.371 e. The van der Waals surface area contributed by atoms with E-state index < -0.39 is 5.97 Å². The van der Waals surface area contributed by atoms with Crippen LogP contribution >= 0.6 is 0 Å². The van der Waals surface area contributed by atoms with Crippen molar-refractivity contribution in [1.82, 2.24) is 4.90 Å². The van der Waals surface area contributed by atoms with Crippen molar-refractivity contribution in [2.75, 3.05) is 20.3 Å². The topological polar surface area (TPSA) is 62.9 Å². The summed E-state index contributed by atoms with van der Waals surface area (Å²) in [7, 11) is 1.69. The van der Waals surface area contributed by atoms with Crippen molar-refractivity contribution in [1.29, 1.82) is 0 Å². The van der Waals surface area contributed by atoms with Crippen LogP contribution in [0.1, 0.15) is 42.1 Å². The highest BCUT2D eigenvalue weighted by Crippen LogP contribution is 2.34. The Hall–Kier alpha value is -1.33. The minimum Gasteiger partial charge on any atom is -0.475 e. The number of methoxy groups -OCH3 is 1. The number of carbonyl (C=O) groups is 1. The first-order chi connectivity index (χ1) is 8.63. The van der Waals surface area contributed by atoms with Gasteiger partial charge in [0.05, 0.1) is 12.6 Å². The van der Waals surface area contributed by atoms with Crippen LogP contribution in [0, 0.1) is 0 Å². The van der Waals surface area contributed by atoms with Gasteiger partial charge in [0.25, 0.3) is 0 Å². The summed E-state index contributed by atoms with van der Waals surface area (Å²) >= 11 is 0. The monoisotopic (exact) mass is 253 g/mol. The molecule has 2 rings (SSSR count). The van der Waals surface area contributed by atoms with Crippen molar-refractivity contribution in [2.24, 2.45) is 0 Å². The fourth-order valence-corrected chi connectivity index (χ4v) is 2.15. The number of hydrogen-bond acceptors (Lipinski definition) is 4. The van der Waals surface area contributed by atoms with Gasteiger partial charge in [-0.25, -0.2) is 4.79 Å². The number of nitrogens with zero attached hydrogens (tertiary/aromatic N) is 1. The van der Waals surface area contributed by atoms with E-state index in [1.54, 1.807) is 13.2 Å². The summed E-state index contributed by atoms with van der Waals surface area (Å²) in [5, 5.41) is 8.85. The van der Waals surface area contributed by atoms with Gasteiger partial charge in [-0.2, -0.15) is 0 Å². The van der Waals surface area contributed by atoms with Crippen LogP contribution in [0.2, 0.25) is 0 Å². The molecule has 0 radical (unpaired) electrons. The van der Waals surface area contributed by atoms with Crippen molar-refractivity contribution < 1.29 is 19.1 Å². The third-order valence-electron chi connectivity index (χ3n) is 3.32. The van der Waals surface area contributed by atoms with E-state index in [4.69, 9.17) is 14.3 Å². The maximum atomic E-state index is 10.8. The molecule has 18 heavy (non-hydrogen) atoms. The van der Waals surface area contributed by atoms with Gasteiger partial charge in [0, 0.05) is 19.7 Å². The zero-order chi connectivity index (χ0) is 13.1. The van der Waals surface area contributed by atoms with Crippen molar-refractivity contribution in [2.45, 2.75) is 31.8 Å². The zero-order valence-electron chi connectivity index (χ0n) is 10.8. The maximum Gasteiger partial charge on any atom is 0.371 e. The van der Waals surface area contributed by atoms with Crippen LogP contribution in [0.3, 0.4) is 0 Å². The van der Waals surface area contributed by atoms with Crippen LogP contribution in [-0.2, 0) is 4.74 Å². The Bertz CT molecular complexity index is 411. The molecule has 5 nitrogen and oxygen atoms in total. The van der Waals surface area contributed by atoms with E-state index in [1.165, 1.54) is 18.9 Å². The van der Waals surface area contributed by atoms with Crippen LogP contribution in [-0.4, -0.2) is 42.3 Å². The number of carboxylic acids is 1. The van der Waals surface area contributed by atoms with Crippen LogP contribution in [0.15, 0.2) is 16.5 Å². The molecule has 0 bridgehead atoms. The Labute approximate surface area is 106 Å². The molecule has 1 heterocycles. The molecule has 1 atom stereocenters. The molecule has 1 aliphatic rings. The van der Waals surface area contributed by atoms with Gasteiger partial charge in [0.15, 0.2) is 0 Å². The molecular weight excluding hydrogens is 234 g/mol. The third kappa shape index (κ3) is 2.91. The lowest BCUT2D eigenvalue weighted by molar-refractivity contribution is 0.0652. The maximum absolute atomic E-state index is 10.8. The normalized spacial score (nSPS) is 17.1. The van der Waals surface area contributed by atoms with Crippen molar-refractivity contribution in [3.05, 3.63) is 23.7 Å². The van der Waals surface area contributed by atoms with E-state index in [0.29, 0.717) is 18.4 Å². The van der Waals surface area contributed by atoms with Gasteiger partial charge in [0.1, 0.15) is 5.76 Å². The van der Waals surface area contributed by atoms with Crippen molar-refractivity contribution in [3.8, 4) is 0 Å². The summed E-state index contributed by atoms with van der Waals surface area (Å²) in [6, 6.07) is 3.92. The standard InChI is InChI=1S/C13H19NO4/c1-9(11-5-6-12(18-11)13(15)16)14(7-8-17-2)10-3-4-10/h5-6,9-10H,3-4,7-8H2,1-2H3,(H,15,16). The molecule has 100 valence electrons. The number of ether oxygens (including phenoxy) is 1. The van der Waals surface area contributed by atoms with E-state index >= 15 is 0 Å². The number of rotatable bonds is 7. The molecule has 0 aliphatic heterocycles. The van der Waals surface area contributed by atoms with Crippen LogP contribution < -0.4 is 0 Å². The molecule has 0 saturated heterocycles. The van der Waals surface area contributed by atoms with Gasteiger partial charge in [-0.05, 0) is 31.9 Å². The minimum atomic E-state index is -1.02. The second kappa shape index (κ2) is 5.54. The Balaban J connectivity index is 2.06. The lowest BCUT2D eigenvalue weighted by Crippen LogP contribution is -2.32. The number of carboxylic acid groups (broad SMARTS) is 1. The Kier molecular flexibility index (Phi) is 4.04. The van der Waals surface area contributed by atoms with E-state index in [-0.39, 0.29) is 11.8 Å². The van der Waals surface area contributed by atoms with E-state index in [9.17, 15) is 4.79 Å². The first-order valence-electron chi connectivity index (χ1n) is 6.21. The summed E-state index contributed by atoms with van der Waals surface area (Å²) in [5.74, 6) is -0.321. The van der Waals surface area contributed by atoms with Gasteiger partial charge in [-0.3, -0.25) is 4.90 Å². The van der Waals surface area contributed by atoms with Crippen LogP contribution in [0.5, 0.6) is 0 Å². The number of hydrogen-bond donors (Lipinski definition) is 1. The summed E-state index contributed by atoms with van der Waals surface area (Å²) in [6.07, 6.45) is 2.39. The average Bonchev–Trinajstić information content (AvgIpc) is 3.05. The average molecular weight is 253 g/mol. The van der Waals surface area contributed by atoms with E-state index in [1.807, 2.05) is 6.92 Å². The van der Waals surface area contributed by atoms with Gasteiger partial charge in [-0.1, -0.05) is 0 Å². The van der Waals surface area contributed by atoms with Crippen LogP contribution in [0.25, 0.3) is 0 Å². The summed E-state index contributed by atoms with van der Waals surface area (Å²) in [6.45, 7) is 3.55. The number of furan rings is 1. The highest BCUT2D eigenvalue weighted by atomic mass is 16.5. The summed E-state index contributed by atoms with van der Waals surface area (Å²) in [4.78, 5) is 13.1. The Morgan fingerprint density at radius 1 is 1.61 bits per heavy atom. The van der Waals surface area contributed by atoms with E-state index in [2.05, 4.69) is 4.90 Å². The highest BCUT2D eigenvalue weighted by molar-refractivity contribution is 5.84. The second-order valence-corrected chi connectivity index (χ2v) is 4.64. The largest absolute Gasteiger partial charge is 0.475 e. The first kappa shape index (κ1) is 13.1. The van der Waals surface area contributed by atoms with Gasteiger partial charge in [-0.15, -0.1) is 0 Å². The minimum absolute atomic E-state index is 0.000613. The fraction of sp³-hybridized carbons (Fsp3) is 0.615. The van der Waals surface area contributed by atoms with Crippen LogP contribution in [0.4, 0.5) is 0 Å². The predicted molar refractivity (Wildman–Crippen MR) is 65.7 cm³/mol. The van der Waals surface area contributed by atoms with Gasteiger partial charge in [0.2, 0.25) is 5.76 Å². The molecular formula is C13H19NO4. The highest BCUT2D eigenvalue weighted by Gasteiger charge is 2.33. The predicted octanol–water partition coefficient (Wildman–Crippen LogP) is 2.15. The summed E-state index contributed by atoms with van der Waals surface area (Å²) < 4.78 is 10.5. The molecule has 0 amide bonds. The zero-order valence-corrected chi connectivity index (χ0v) is 10.8. The molecule has 0 aromatic carbocycles. The molecule has 1 fully saturated rings. The molecule has 1 aromatic rings. The van der Waals surface area contributed by atoms with Gasteiger partial charge >= 0.3 is 5.97 Å². The Morgan fingerprint density at radius 3 is 2.83 bits per heavy atom. The first-order valence-corrected chi connectivity index (χ1v) is 6.21. The molecule has 5 heteroatoms. The fourth-order valence-electron chi connectivity index (χ4n) is 2.15.